The quantitative estimate of drug-likeness (QED) is 0.654. The lowest BCUT2D eigenvalue weighted by molar-refractivity contribution is -0.137. The lowest BCUT2D eigenvalue weighted by Gasteiger charge is -2.09. The summed E-state index contributed by atoms with van der Waals surface area (Å²) < 4.78 is 1.99. The van der Waals surface area contributed by atoms with Crippen molar-refractivity contribution in [2.75, 3.05) is 11.9 Å². The van der Waals surface area contributed by atoms with Gasteiger partial charge in [-0.25, -0.2) is 4.79 Å². The van der Waals surface area contributed by atoms with Crippen molar-refractivity contribution in [3.05, 3.63) is 48.8 Å². The molecule has 0 saturated carbocycles. The summed E-state index contributed by atoms with van der Waals surface area (Å²) >= 11 is 0. The normalized spacial score (nSPS) is 10.3. The average Bonchev–Trinajstić information content (AvgIpc) is 3.05. The molecule has 0 saturated heterocycles. The summed E-state index contributed by atoms with van der Waals surface area (Å²) in [6.45, 7) is 0.535. The molecule has 0 aliphatic carbocycles. The molecular formula is C17H21N3O3. The largest absolute Gasteiger partial charge is 0.481 e. The van der Waals surface area contributed by atoms with Crippen molar-refractivity contribution in [3.8, 4) is 5.69 Å². The van der Waals surface area contributed by atoms with Crippen LogP contribution >= 0.6 is 0 Å². The zero-order valence-corrected chi connectivity index (χ0v) is 12.9. The van der Waals surface area contributed by atoms with E-state index in [-0.39, 0.29) is 12.5 Å². The smallest absolute Gasteiger partial charge is 0.319 e. The van der Waals surface area contributed by atoms with Gasteiger partial charge in [-0.05, 0) is 49.2 Å². The highest BCUT2D eigenvalue weighted by atomic mass is 16.4. The summed E-state index contributed by atoms with van der Waals surface area (Å²) in [6, 6.07) is 11.2. The van der Waals surface area contributed by atoms with Gasteiger partial charge in [-0.15, -0.1) is 0 Å². The number of nitrogens with one attached hydrogen (secondary N) is 2. The highest BCUT2D eigenvalue weighted by Gasteiger charge is 2.02. The van der Waals surface area contributed by atoms with Crippen molar-refractivity contribution in [2.45, 2.75) is 25.7 Å². The standard InChI is InChI=1S/C17H21N3O3/c21-16(22)6-2-1-3-11-18-17(23)19-14-7-9-15(10-8-14)20-12-4-5-13-20/h4-5,7-10,12-13H,1-3,6,11H2,(H,21,22)(H2,18,19,23). The van der Waals surface area contributed by atoms with Gasteiger partial charge in [0.15, 0.2) is 0 Å². The van der Waals surface area contributed by atoms with Gasteiger partial charge in [0, 0.05) is 36.7 Å². The predicted molar refractivity (Wildman–Crippen MR) is 88.9 cm³/mol. The Morgan fingerprint density at radius 1 is 1.00 bits per heavy atom. The number of nitrogens with zero attached hydrogens (tertiary/aromatic N) is 1. The molecule has 0 aliphatic rings. The summed E-state index contributed by atoms with van der Waals surface area (Å²) in [5, 5.41) is 14.0. The van der Waals surface area contributed by atoms with E-state index in [2.05, 4.69) is 10.6 Å². The number of carbonyl (C=O) groups excluding carboxylic acids is 1. The molecule has 0 unspecified atom stereocenters. The van der Waals surface area contributed by atoms with Crippen LogP contribution in [0.15, 0.2) is 48.8 Å². The van der Waals surface area contributed by atoms with Crippen LogP contribution in [0.4, 0.5) is 10.5 Å². The van der Waals surface area contributed by atoms with Crippen molar-refractivity contribution < 1.29 is 14.7 Å². The fourth-order valence-electron chi connectivity index (χ4n) is 2.18. The lowest BCUT2D eigenvalue weighted by Crippen LogP contribution is -2.29. The molecule has 122 valence electrons. The predicted octanol–water partition coefficient (Wildman–Crippen LogP) is 3.24. The first kappa shape index (κ1) is 16.6. The zero-order chi connectivity index (χ0) is 16.5. The summed E-state index contributed by atoms with van der Waals surface area (Å²) in [6.07, 6.45) is 6.30. The van der Waals surface area contributed by atoms with Crippen molar-refractivity contribution in [2.24, 2.45) is 0 Å². The number of hydrogen-bond donors (Lipinski definition) is 3. The van der Waals surface area contributed by atoms with Crippen LogP contribution in [0.5, 0.6) is 0 Å². The molecule has 1 aromatic heterocycles. The number of carboxylic acids is 1. The Bertz CT molecular complexity index is 621. The van der Waals surface area contributed by atoms with Gasteiger partial charge < -0.3 is 20.3 Å². The first-order valence-corrected chi connectivity index (χ1v) is 7.65. The third kappa shape index (κ3) is 5.86. The molecule has 0 fully saturated rings. The SMILES string of the molecule is O=C(O)CCCCCNC(=O)Nc1ccc(-n2cccc2)cc1. The van der Waals surface area contributed by atoms with E-state index in [0.29, 0.717) is 13.0 Å². The van der Waals surface area contributed by atoms with E-state index in [0.717, 1.165) is 24.2 Å². The molecule has 0 aliphatic heterocycles. The maximum absolute atomic E-state index is 11.7. The molecule has 23 heavy (non-hydrogen) atoms. The van der Waals surface area contributed by atoms with Crippen molar-refractivity contribution in [1.29, 1.82) is 0 Å². The summed E-state index contributed by atoms with van der Waals surface area (Å²) in [7, 11) is 0. The van der Waals surface area contributed by atoms with E-state index in [9.17, 15) is 9.59 Å². The van der Waals surface area contributed by atoms with Crippen LogP contribution in [0.1, 0.15) is 25.7 Å². The lowest BCUT2D eigenvalue weighted by atomic mass is 10.2. The van der Waals surface area contributed by atoms with Crippen LogP contribution in [0.25, 0.3) is 5.69 Å². The Morgan fingerprint density at radius 3 is 2.35 bits per heavy atom. The van der Waals surface area contributed by atoms with Crippen LogP contribution < -0.4 is 10.6 Å². The summed E-state index contributed by atoms with van der Waals surface area (Å²) in [5.74, 6) is -0.779. The average molecular weight is 315 g/mol. The van der Waals surface area contributed by atoms with E-state index in [1.807, 2.05) is 53.4 Å². The van der Waals surface area contributed by atoms with Crippen molar-refractivity contribution in [3.63, 3.8) is 0 Å². The maximum atomic E-state index is 11.7. The fourth-order valence-corrected chi connectivity index (χ4v) is 2.18. The maximum Gasteiger partial charge on any atom is 0.319 e. The number of unbranched alkanes of at least 4 members (excludes halogenated alkanes) is 2. The first-order valence-electron chi connectivity index (χ1n) is 7.65. The second-order valence-corrected chi connectivity index (χ2v) is 5.22. The van der Waals surface area contributed by atoms with Crippen LogP contribution in [-0.2, 0) is 4.79 Å². The van der Waals surface area contributed by atoms with E-state index < -0.39 is 5.97 Å². The molecule has 2 amide bonds. The Morgan fingerprint density at radius 2 is 1.70 bits per heavy atom. The van der Waals surface area contributed by atoms with Crippen molar-refractivity contribution in [1.82, 2.24) is 9.88 Å². The second kappa shape index (κ2) is 8.63. The summed E-state index contributed by atoms with van der Waals surface area (Å²) in [5.41, 5.74) is 1.75. The number of benzene rings is 1. The highest BCUT2D eigenvalue weighted by Crippen LogP contribution is 2.13. The van der Waals surface area contributed by atoms with Gasteiger partial charge in [0.2, 0.25) is 0 Å². The van der Waals surface area contributed by atoms with E-state index in [1.54, 1.807) is 0 Å². The van der Waals surface area contributed by atoms with Crippen molar-refractivity contribution >= 4 is 17.7 Å². The zero-order valence-electron chi connectivity index (χ0n) is 12.9. The Balaban J connectivity index is 1.68. The Hall–Kier alpha value is -2.76. The van der Waals surface area contributed by atoms with Gasteiger partial charge in [0.1, 0.15) is 0 Å². The third-order valence-corrected chi connectivity index (χ3v) is 3.38. The Kier molecular flexibility index (Phi) is 6.23. The number of rotatable bonds is 8. The monoisotopic (exact) mass is 315 g/mol. The molecule has 0 bridgehead atoms. The van der Waals surface area contributed by atoms with Crippen LogP contribution in [0, 0.1) is 0 Å². The topological polar surface area (TPSA) is 83.4 Å². The van der Waals surface area contributed by atoms with Gasteiger partial charge in [-0.2, -0.15) is 0 Å². The molecule has 0 atom stereocenters. The van der Waals surface area contributed by atoms with Gasteiger partial charge >= 0.3 is 12.0 Å². The number of amides is 2. The third-order valence-electron chi connectivity index (χ3n) is 3.38. The molecule has 0 radical (unpaired) electrons. The van der Waals surface area contributed by atoms with E-state index >= 15 is 0 Å². The number of urea groups is 1. The van der Waals surface area contributed by atoms with Gasteiger partial charge in [0.05, 0.1) is 0 Å². The number of aliphatic carboxylic acids is 1. The molecule has 2 aromatic rings. The first-order chi connectivity index (χ1) is 11.1. The molecule has 2 rings (SSSR count). The minimum absolute atomic E-state index is 0.180. The van der Waals surface area contributed by atoms with Gasteiger partial charge in [-0.1, -0.05) is 6.42 Å². The molecule has 6 heteroatoms. The van der Waals surface area contributed by atoms with Gasteiger partial charge in [-0.3, -0.25) is 4.79 Å². The number of carboxylic acid groups (broad SMARTS) is 1. The van der Waals surface area contributed by atoms with E-state index in [1.165, 1.54) is 0 Å². The number of carbonyl (C=O) groups is 2. The van der Waals surface area contributed by atoms with Crippen LogP contribution in [0.2, 0.25) is 0 Å². The number of hydrogen-bond acceptors (Lipinski definition) is 2. The minimum atomic E-state index is -0.779. The van der Waals surface area contributed by atoms with Crippen LogP contribution in [-0.4, -0.2) is 28.2 Å². The summed E-state index contributed by atoms with van der Waals surface area (Å²) in [4.78, 5) is 22.1. The minimum Gasteiger partial charge on any atom is -0.481 e. The van der Waals surface area contributed by atoms with E-state index in [4.69, 9.17) is 5.11 Å². The molecule has 3 N–H and O–H groups in total. The fraction of sp³-hybridized carbons (Fsp3) is 0.294. The molecule has 0 spiro atoms. The molecule has 1 aromatic carbocycles. The molecule has 6 nitrogen and oxygen atoms in total. The number of aromatic nitrogens is 1. The highest BCUT2D eigenvalue weighted by molar-refractivity contribution is 5.89. The Labute approximate surface area is 135 Å². The molecular weight excluding hydrogens is 294 g/mol. The number of anilines is 1. The second-order valence-electron chi connectivity index (χ2n) is 5.22. The van der Waals surface area contributed by atoms with Gasteiger partial charge in [0.25, 0.3) is 0 Å². The molecule has 1 heterocycles. The van der Waals surface area contributed by atoms with Crippen LogP contribution in [0.3, 0.4) is 0 Å².